The summed E-state index contributed by atoms with van der Waals surface area (Å²) < 4.78 is 2.23. The van der Waals surface area contributed by atoms with Crippen molar-refractivity contribution in [3.63, 3.8) is 0 Å². The second kappa shape index (κ2) is 6.36. The Balaban J connectivity index is 1.87. The smallest absolute Gasteiger partial charge is 0.155 e. The summed E-state index contributed by atoms with van der Waals surface area (Å²) >= 11 is 9.73. The first-order chi connectivity index (χ1) is 10.2. The Labute approximate surface area is 137 Å². The molecule has 3 aromatic rings. The van der Waals surface area contributed by atoms with E-state index >= 15 is 0 Å². The lowest BCUT2D eigenvalue weighted by Gasteiger charge is -2.12. The van der Waals surface area contributed by atoms with Crippen LogP contribution in [0.1, 0.15) is 18.5 Å². The van der Waals surface area contributed by atoms with E-state index in [0.717, 1.165) is 19.8 Å². The summed E-state index contributed by atoms with van der Waals surface area (Å²) in [4.78, 5) is 5.68. The second-order valence-electron chi connectivity index (χ2n) is 4.75. The normalized spacial score (nSPS) is 12.7. The van der Waals surface area contributed by atoms with Crippen molar-refractivity contribution in [2.75, 3.05) is 7.05 Å². The van der Waals surface area contributed by atoms with E-state index in [-0.39, 0.29) is 0 Å². The third kappa shape index (κ3) is 3.24. The van der Waals surface area contributed by atoms with Crippen molar-refractivity contribution in [2.45, 2.75) is 22.2 Å². The molecule has 0 fully saturated rings. The average molecular weight is 335 g/mol. The molecule has 5 heteroatoms. The van der Waals surface area contributed by atoms with Crippen LogP contribution in [0.3, 0.4) is 0 Å². The van der Waals surface area contributed by atoms with Crippen LogP contribution >= 0.6 is 34.7 Å². The van der Waals surface area contributed by atoms with Crippen molar-refractivity contribution < 1.29 is 0 Å². The van der Waals surface area contributed by atoms with E-state index in [1.54, 1.807) is 23.1 Å². The highest BCUT2D eigenvalue weighted by Gasteiger charge is 2.10. The van der Waals surface area contributed by atoms with Crippen LogP contribution in [0.4, 0.5) is 0 Å². The molecule has 1 heterocycles. The second-order valence-corrected chi connectivity index (χ2v) is 7.48. The molecule has 21 heavy (non-hydrogen) atoms. The zero-order valence-corrected chi connectivity index (χ0v) is 14.1. The highest BCUT2D eigenvalue weighted by molar-refractivity contribution is 8.01. The van der Waals surface area contributed by atoms with Gasteiger partial charge in [0.2, 0.25) is 0 Å². The first-order valence-corrected chi connectivity index (χ1v) is 8.68. The minimum atomic E-state index is 0.295. The van der Waals surface area contributed by atoms with Crippen LogP contribution in [0, 0.1) is 0 Å². The molecule has 0 saturated carbocycles. The first-order valence-electron chi connectivity index (χ1n) is 6.67. The SMILES string of the molecule is CNC(C)c1ccc(Sc2nc3ccccc3s2)c(Cl)c1. The van der Waals surface area contributed by atoms with Gasteiger partial charge in [0.15, 0.2) is 4.34 Å². The van der Waals surface area contributed by atoms with E-state index in [1.165, 1.54) is 10.3 Å². The lowest BCUT2D eigenvalue weighted by atomic mass is 10.1. The Bertz CT molecular complexity index is 737. The molecule has 0 aliphatic rings. The van der Waals surface area contributed by atoms with E-state index in [0.29, 0.717) is 6.04 Å². The third-order valence-corrected chi connectivity index (χ3v) is 5.96. The molecule has 3 rings (SSSR count). The van der Waals surface area contributed by atoms with Gasteiger partial charge < -0.3 is 5.32 Å². The number of hydrogen-bond donors (Lipinski definition) is 1. The van der Waals surface area contributed by atoms with E-state index < -0.39 is 0 Å². The summed E-state index contributed by atoms with van der Waals surface area (Å²) in [5, 5.41) is 4.00. The fraction of sp³-hybridized carbons (Fsp3) is 0.188. The van der Waals surface area contributed by atoms with Crippen molar-refractivity contribution in [2.24, 2.45) is 0 Å². The summed E-state index contributed by atoms with van der Waals surface area (Å²) in [6.45, 7) is 2.12. The number of hydrogen-bond acceptors (Lipinski definition) is 4. The van der Waals surface area contributed by atoms with Gasteiger partial charge >= 0.3 is 0 Å². The highest BCUT2D eigenvalue weighted by atomic mass is 35.5. The summed E-state index contributed by atoms with van der Waals surface area (Å²) in [6.07, 6.45) is 0. The number of benzene rings is 2. The Morgan fingerprint density at radius 2 is 2.05 bits per heavy atom. The molecule has 1 unspecified atom stereocenters. The molecule has 0 aliphatic carbocycles. The van der Waals surface area contributed by atoms with Gasteiger partial charge in [-0.25, -0.2) is 4.98 Å². The van der Waals surface area contributed by atoms with Crippen molar-refractivity contribution >= 4 is 44.9 Å². The summed E-state index contributed by atoms with van der Waals surface area (Å²) in [7, 11) is 1.95. The molecule has 2 nitrogen and oxygen atoms in total. The van der Waals surface area contributed by atoms with Crippen LogP contribution in [-0.4, -0.2) is 12.0 Å². The standard InChI is InChI=1S/C16H15ClN2S2/c1-10(18-2)11-7-8-14(12(17)9-11)20-16-19-13-5-3-4-6-15(13)21-16/h3-10,18H,1-2H3. The minimum Gasteiger partial charge on any atom is -0.313 e. The lowest BCUT2D eigenvalue weighted by Crippen LogP contribution is -2.12. The maximum Gasteiger partial charge on any atom is 0.155 e. The van der Waals surface area contributed by atoms with Gasteiger partial charge in [0.05, 0.1) is 15.2 Å². The van der Waals surface area contributed by atoms with Crippen molar-refractivity contribution in [3.05, 3.63) is 53.1 Å². The Hall–Kier alpha value is -1.07. The largest absolute Gasteiger partial charge is 0.313 e. The van der Waals surface area contributed by atoms with E-state index in [9.17, 15) is 0 Å². The zero-order valence-electron chi connectivity index (χ0n) is 11.8. The molecule has 0 aliphatic heterocycles. The average Bonchev–Trinajstić information content (AvgIpc) is 2.90. The van der Waals surface area contributed by atoms with Crippen LogP contribution in [0.15, 0.2) is 51.7 Å². The van der Waals surface area contributed by atoms with Crippen molar-refractivity contribution in [3.8, 4) is 0 Å². The summed E-state index contributed by atoms with van der Waals surface area (Å²) in [6, 6.07) is 14.7. The van der Waals surface area contributed by atoms with Gasteiger partial charge in [-0.2, -0.15) is 0 Å². The van der Waals surface area contributed by atoms with Gasteiger partial charge in [-0.05, 0) is 43.8 Å². The molecule has 2 aromatic carbocycles. The van der Waals surface area contributed by atoms with Gasteiger partial charge in [0, 0.05) is 10.9 Å². The molecule has 0 spiro atoms. The molecule has 108 valence electrons. The number of fused-ring (bicyclic) bond motifs is 1. The number of aromatic nitrogens is 1. The summed E-state index contributed by atoms with van der Waals surface area (Å²) in [5.41, 5.74) is 2.23. The molecule has 0 radical (unpaired) electrons. The predicted octanol–water partition coefficient (Wildman–Crippen LogP) is 5.38. The molecule has 0 saturated heterocycles. The Kier molecular flexibility index (Phi) is 4.50. The van der Waals surface area contributed by atoms with Crippen LogP contribution in [0.2, 0.25) is 5.02 Å². The molecular formula is C16H15ClN2S2. The molecule has 1 N–H and O–H groups in total. The molecule has 1 aromatic heterocycles. The van der Waals surface area contributed by atoms with E-state index in [2.05, 4.69) is 35.4 Å². The van der Waals surface area contributed by atoms with Crippen LogP contribution < -0.4 is 5.32 Å². The van der Waals surface area contributed by atoms with Gasteiger partial charge in [-0.15, -0.1) is 11.3 Å². The number of rotatable bonds is 4. The number of nitrogens with zero attached hydrogens (tertiary/aromatic N) is 1. The third-order valence-electron chi connectivity index (χ3n) is 3.36. The maximum absolute atomic E-state index is 6.41. The van der Waals surface area contributed by atoms with E-state index in [4.69, 9.17) is 11.6 Å². The Morgan fingerprint density at radius 1 is 1.24 bits per heavy atom. The maximum atomic E-state index is 6.41. The minimum absolute atomic E-state index is 0.295. The van der Waals surface area contributed by atoms with Crippen molar-refractivity contribution in [1.82, 2.24) is 10.3 Å². The highest BCUT2D eigenvalue weighted by Crippen LogP contribution is 2.38. The number of nitrogens with one attached hydrogen (secondary N) is 1. The number of halogens is 1. The fourth-order valence-corrected chi connectivity index (χ4v) is 4.36. The van der Waals surface area contributed by atoms with E-state index in [1.807, 2.05) is 31.3 Å². The van der Waals surface area contributed by atoms with Crippen LogP contribution in [-0.2, 0) is 0 Å². The van der Waals surface area contributed by atoms with Gasteiger partial charge in [-0.3, -0.25) is 0 Å². The predicted molar refractivity (Wildman–Crippen MR) is 92.7 cm³/mol. The van der Waals surface area contributed by atoms with Gasteiger partial charge in [-0.1, -0.05) is 41.6 Å². The quantitative estimate of drug-likeness (QED) is 0.693. The van der Waals surface area contributed by atoms with Gasteiger partial charge in [0.1, 0.15) is 0 Å². The molecule has 0 bridgehead atoms. The molecule has 0 amide bonds. The monoisotopic (exact) mass is 334 g/mol. The number of thiazole rings is 1. The topological polar surface area (TPSA) is 24.9 Å². The summed E-state index contributed by atoms with van der Waals surface area (Å²) in [5.74, 6) is 0. The zero-order chi connectivity index (χ0) is 14.8. The molecular weight excluding hydrogens is 320 g/mol. The fourth-order valence-electron chi connectivity index (χ4n) is 2.02. The lowest BCUT2D eigenvalue weighted by molar-refractivity contribution is 0.652. The van der Waals surface area contributed by atoms with Crippen LogP contribution in [0.5, 0.6) is 0 Å². The first kappa shape index (κ1) is 14.9. The molecule has 1 atom stereocenters. The van der Waals surface area contributed by atoms with Crippen LogP contribution in [0.25, 0.3) is 10.2 Å². The number of para-hydroxylation sites is 1. The van der Waals surface area contributed by atoms with Crippen molar-refractivity contribution in [1.29, 1.82) is 0 Å². The Morgan fingerprint density at radius 3 is 2.76 bits per heavy atom. The van der Waals surface area contributed by atoms with Gasteiger partial charge in [0.25, 0.3) is 0 Å².